The van der Waals surface area contributed by atoms with Crippen molar-refractivity contribution in [3.63, 3.8) is 0 Å². The van der Waals surface area contributed by atoms with Crippen LogP contribution in [0, 0.1) is 6.92 Å². The zero-order chi connectivity index (χ0) is 14.4. The molecule has 0 aliphatic carbocycles. The van der Waals surface area contributed by atoms with Gasteiger partial charge in [-0.25, -0.2) is 0 Å². The Morgan fingerprint density at radius 2 is 2.16 bits per heavy atom. The third kappa shape index (κ3) is 5.00. The molecule has 1 heterocycles. The van der Waals surface area contributed by atoms with Crippen molar-refractivity contribution in [2.24, 2.45) is 0 Å². The average Bonchev–Trinajstić information content (AvgIpc) is 2.62. The van der Waals surface area contributed by atoms with Crippen LogP contribution in [0.4, 0.5) is 0 Å². The molecule has 0 aliphatic heterocycles. The minimum Gasteiger partial charge on any atom is -0.314 e. The summed E-state index contributed by atoms with van der Waals surface area (Å²) >= 11 is 6.32. The highest BCUT2D eigenvalue weighted by Crippen LogP contribution is 2.22. The highest BCUT2D eigenvalue weighted by atomic mass is 35.5. The van der Waals surface area contributed by atoms with Crippen molar-refractivity contribution in [2.45, 2.75) is 60.0 Å². The maximum Gasteiger partial charge on any atom is 0.0850 e. The van der Waals surface area contributed by atoms with Gasteiger partial charge in [0.25, 0.3) is 0 Å². The number of halogens is 1. The van der Waals surface area contributed by atoms with Gasteiger partial charge in [0.2, 0.25) is 0 Å². The molecule has 4 heteroatoms. The first-order valence-corrected chi connectivity index (χ1v) is 7.44. The minimum atomic E-state index is 0.548. The van der Waals surface area contributed by atoms with E-state index in [1.54, 1.807) is 0 Å². The largest absolute Gasteiger partial charge is 0.314 e. The van der Waals surface area contributed by atoms with Gasteiger partial charge in [0, 0.05) is 19.0 Å². The molecular formula is C15H26ClN3. The lowest BCUT2D eigenvalue weighted by Gasteiger charge is -2.08. The molecule has 0 unspecified atom stereocenters. The summed E-state index contributed by atoms with van der Waals surface area (Å²) in [5.74, 6) is 0. The number of nitrogens with one attached hydrogen (secondary N) is 1. The van der Waals surface area contributed by atoms with Crippen LogP contribution in [0.2, 0.25) is 5.02 Å². The number of rotatable bonds is 7. The molecule has 0 bridgehead atoms. The van der Waals surface area contributed by atoms with Gasteiger partial charge in [0.05, 0.1) is 16.4 Å². The number of nitrogens with zero attached hydrogens (tertiary/aromatic N) is 2. The second kappa shape index (κ2) is 7.71. The average molecular weight is 284 g/mol. The van der Waals surface area contributed by atoms with E-state index >= 15 is 0 Å². The van der Waals surface area contributed by atoms with E-state index < -0.39 is 0 Å². The summed E-state index contributed by atoms with van der Waals surface area (Å²) in [6, 6.07) is 0.548. The van der Waals surface area contributed by atoms with Crippen molar-refractivity contribution in [1.82, 2.24) is 15.1 Å². The lowest BCUT2D eigenvalue weighted by molar-refractivity contribution is 0.593. The van der Waals surface area contributed by atoms with Gasteiger partial charge >= 0.3 is 0 Å². The number of allylic oxidation sites excluding steroid dienone is 1. The number of hydrogen-bond acceptors (Lipinski definition) is 2. The van der Waals surface area contributed by atoms with Crippen LogP contribution < -0.4 is 5.32 Å². The van der Waals surface area contributed by atoms with E-state index in [4.69, 9.17) is 11.6 Å². The quantitative estimate of drug-likeness (QED) is 0.610. The van der Waals surface area contributed by atoms with E-state index in [9.17, 15) is 0 Å². The van der Waals surface area contributed by atoms with E-state index in [0.717, 1.165) is 42.3 Å². The SMILES string of the molecule is CCn1nc(C)c(Cl)c1CC(C)=CCCNC(C)C. The van der Waals surface area contributed by atoms with Crippen LogP contribution in [0.15, 0.2) is 11.6 Å². The Bertz CT molecular complexity index is 433. The summed E-state index contributed by atoms with van der Waals surface area (Å²) in [7, 11) is 0. The molecule has 0 amide bonds. The van der Waals surface area contributed by atoms with Gasteiger partial charge in [0.1, 0.15) is 0 Å². The molecule has 1 rings (SSSR count). The summed E-state index contributed by atoms with van der Waals surface area (Å²) in [6.07, 6.45) is 4.23. The van der Waals surface area contributed by atoms with Gasteiger partial charge in [-0.3, -0.25) is 4.68 Å². The third-order valence-corrected chi connectivity index (χ3v) is 3.58. The second-order valence-electron chi connectivity index (χ2n) is 5.29. The standard InChI is InChI=1S/C15H26ClN3/c1-6-19-14(15(16)13(5)18-19)10-12(4)8-7-9-17-11(2)3/h8,11,17H,6-7,9-10H2,1-5H3. The summed E-state index contributed by atoms with van der Waals surface area (Å²) in [5.41, 5.74) is 3.40. The van der Waals surface area contributed by atoms with Gasteiger partial charge in [-0.1, -0.05) is 37.1 Å². The Morgan fingerprint density at radius 3 is 2.74 bits per heavy atom. The van der Waals surface area contributed by atoms with Crippen LogP contribution in [-0.2, 0) is 13.0 Å². The summed E-state index contributed by atoms with van der Waals surface area (Å²) in [6.45, 7) is 12.4. The third-order valence-electron chi connectivity index (χ3n) is 3.09. The maximum absolute atomic E-state index is 6.32. The fourth-order valence-electron chi connectivity index (χ4n) is 2.06. The molecule has 19 heavy (non-hydrogen) atoms. The molecule has 0 fully saturated rings. The molecule has 1 N–H and O–H groups in total. The van der Waals surface area contributed by atoms with Crippen molar-refractivity contribution in [3.05, 3.63) is 28.1 Å². The van der Waals surface area contributed by atoms with Gasteiger partial charge in [-0.05, 0) is 33.7 Å². The molecule has 0 radical (unpaired) electrons. The number of aromatic nitrogens is 2. The predicted octanol–water partition coefficient (Wildman–Crippen LogP) is 3.74. The van der Waals surface area contributed by atoms with Crippen LogP contribution in [0.25, 0.3) is 0 Å². The van der Waals surface area contributed by atoms with E-state index in [2.05, 4.69) is 44.2 Å². The smallest absolute Gasteiger partial charge is 0.0850 e. The molecule has 0 saturated carbocycles. The molecular weight excluding hydrogens is 258 g/mol. The Kier molecular flexibility index (Phi) is 6.59. The van der Waals surface area contributed by atoms with Gasteiger partial charge in [-0.2, -0.15) is 5.10 Å². The van der Waals surface area contributed by atoms with Crippen molar-refractivity contribution in [1.29, 1.82) is 0 Å². The molecule has 1 aromatic heterocycles. The van der Waals surface area contributed by atoms with E-state index in [1.165, 1.54) is 5.57 Å². The van der Waals surface area contributed by atoms with Crippen LogP contribution in [0.3, 0.4) is 0 Å². The zero-order valence-electron chi connectivity index (χ0n) is 12.8. The van der Waals surface area contributed by atoms with Crippen molar-refractivity contribution < 1.29 is 0 Å². The number of aryl methyl sites for hydroxylation is 2. The van der Waals surface area contributed by atoms with Crippen molar-refractivity contribution >= 4 is 11.6 Å². The van der Waals surface area contributed by atoms with Crippen LogP contribution in [-0.4, -0.2) is 22.4 Å². The molecule has 0 aromatic carbocycles. The first-order valence-electron chi connectivity index (χ1n) is 7.06. The second-order valence-corrected chi connectivity index (χ2v) is 5.66. The Hall–Kier alpha value is -0.800. The molecule has 0 atom stereocenters. The van der Waals surface area contributed by atoms with E-state index in [1.807, 2.05) is 11.6 Å². The van der Waals surface area contributed by atoms with Gasteiger partial charge < -0.3 is 5.32 Å². The van der Waals surface area contributed by atoms with Crippen LogP contribution in [0.5, 0.6) is 0 Å². The van der Waals surface area contributed by atoms with E-state index in [-0.39, 0.29) is 0 Å². The topological polar surface area (TPSA) is 29.9 Å². The molecule has 108 valence electrons. The fraction of sp³-hybridized carbons (Fsp3) is 0.667. The fourth-order valence-corrected chi connectivity index (χ4v) is 2.27. The summed E-state index contributed by atoms with van der Waals surface area (Å²) in [5, 5.41) is 8.68. The Morgan fingerprint density at radius 1 is 1.47 bits per heavy atom. The molecule has 0 aliphatic rings. The predicted molar refractivity (Wildman–Crippen MR) is 82.9 cm³/mol. The van der Waals surface area contributed by atoms with Crippen LogP contribution >= 0.6 is 11.6 Å². The lowest BCUT2D eigenvalue weighted by atomic mass is 10.1. The maximum atomic E-state index is 6.32. The van der Waals surface area contributed by atoms with Crippen molar-refractivity contribution in [3.8, 4) is 0 Å². The first kappa shape index (κ1) is 16.3. The van der Waals surface area contributed by atoms with E-state index in [0.29, 0.717) is 6.04 Å². The highest BCUT2D eigenvalue weighted by Gasteiger charge is 2.12. The normalized spacial score (nSPS) is 12.5. The Balaban J connectivity index is 2.61. The van der Waals surface area contributed by atoms with Crippen molar-refractivity contribution in [2.75, 3.05) is 6.54 Å². The highest BCUT2D eigenvalue weighted by molar-refractivity contribution is 6.31. The molecule has 1 aromatic rings. The monoisotopic (exact) mass is 283 g/mol. The molecule has 0 spiro atoms. The summed E-state index contributed by atoms with van der Waals surface area (Å²) < 4.78 is 2.00. The first-order chi connectivity index (χ1) is 8.95. The lowest BCUT2D eigenvalue weighted by Crippen LogP contribution is -2.23. The summed E-state index contributed by atoms with van der Waals surface area (Å²) in [4.78, 5) is 0. The number of hydrogen-bond donors (Lipinski definition) is 1. The molecule has 3 nitrogen and oxygen atoms in total. The zero-order valence-corrected chi connectivity index (χ0v) is 13.5. The van der Waals surface area contributed by atoms with Gasteiger partial charge in [-0.15, -0.1) is 0 Å². The van der Waals surface area contributed by atoms with Crippen LogP contribution in [0.1, 0.15) is 45.5 Å². The Labute approximate surface area is 122 Å². The van der Waals surface area contributed by atoms with Gasteiger partial charge in [0.15, 0.2) is 0 Å². The molecule has 0 saturated heterocycles. The minimum absolute atomic E-state index is 0.548.